The van der Waals surface area contributed by atoms with Crippen molar-refractivity contribution in [2.45, 2.75) is 12.2 Å². The number of rotatable bonds is 3. The predicted octanol–water partition coefficient (Wildman–Crippen LogP) is -0.985. The summed E-state index contributed by atoms with van der Waals surface area (Å²) >= 11 is 0. The molecule has 2 unspecified atom stereocenters. The van der Waals surface area contributed by atoms with Crippen molar-refractivity contribution in [3.63, 3.8) is 0 Å². The van der Waals surface area contributed by atoms with E-state index in [1.54, 1.807) is 0 Å². The number of carboxylic acid groups (broad SMARTS) is 1. The first-order chi connectivity index (χ1) is 5.66. The minimum Gasteiger partial charge on any atom is -0.479 e. The van der Waals surface area contributed by atoms with E-state index in [4.69, 9.17) is 11.5 Å². The minimum absolute atomic E-state index is 0.162. The first-order valence-corrected chi connectivity index (χ1v) is 3.15. The molecule has 12 heavy (non-hydrogen) atoms. The maximum Gasteiger partial charge on any atom is 0.339 e. The molecule has 0 saturated carbocycles. The van der Waals surface area contributed by atoms with Gasteiger partial charge >= 0.3 is 11.9 Å². The summed E-state index contributed by atoms with van der Waals surface area (Å²) in [6.45, 7) is -0.162. The van der Waals surface area contributed by atoms with Gasteiger partial charge in [-0.25, -0.2) is 9.59 Å². The Hall–Kier alpha value is -1.54. The molecule has 2 atom stereocenters. The second-order valence-electron chi connectivity index (χ2n) is 2.13. The second kappa shape index (κ2) is 3.24. The molecule has 0 aromatic heterocycles. The number of esters is 1. The van der Waals surface area contributed by atoms with E-state index in [1.807, 2.05) is 0 Å². The zero-order valence-electron chi connectivity index (χ0n) is 6.02. The smallest absolute Gasteiger partial charge is 0.339 e. The molecule has 1 N–H and O–H groups in total. The first-order valence-electron chi connectivity index (χ1n) is 3.15. The second-order valence-corrected chi connectivity index (χ2v) is 2.13. The van der Waals surface area contributed by atoms with Crippen molar-refractivity contribution in [2.75, 3.05) is 6.61 Å². The van der Waals surface area contributed by atoms with Crippen LogP contribution in [-0.2, 0) is 19.1 Å². The number of aliphatic carboxylic acids is 1. The van der Waals surface area contributed by atoms with Gasteiger partial charge in [0.2, 0.25) is 0 Å². The van der Waals surface area contributed by atoms with Crippen LogP contribution in [0.15, 0.2) is 0 Å². The van der Waals surface area contributed by atoms with Gasteiger partial charge in [-0.05, 0) is 0 Å². The van der Waals surface area contributed by atoms with Crippen LogP contribution in [0.2, 0.25) is 0 Å². The molecule has 64 valence electrons. The fourth-order valence-corrected chi connectivity index (χ4v) is 0.674. The van der Waals surface area contributed by atoms with Gasteiger partial charge in [-0.1, -0.05) is 5.92 Å². The Balaban J connectivity index is 2.29. The van der Waals surface area contributed by atoms with Crippen LogP contribution in [0.4, 0.5) is 0 Å². The van der Waals surface area contributed by atoms with Crippen molar-refractivity contribution >= 4 is 11.9 Å². The lowest BCUT2D eigenvalue weighted by atomic mass is 10.3. The zero-order valence-corrected chi connectivity index (χ0v) is 6.02. The van der Waals surface area contributed by atoms with Crippen LogP contribution in [0, 0.1) is 12.3 Å². The molecule has 1 aliphatic rings. The highest BCUT2D eigenvalue weighted by molar-refractivity contribution is 5.89. The number of carbonyl (C=O) groups is 2. The standard InChI is InChI=1S/C7H6O5/c1-2-3-11-7(10)5-4(12-5)6(8)9/h1,4-5H,3H2,(H,8,9). The van der Waals surface area contributed by atoms with Crippen LogP contribution in [0.1, 0.15) is 0 Å². The van der Waals surface area contributed by atoms with E-state index >= 15 is 0 Å². The van der Waals surface area contributed by atoms with Crippen LogP contribution >= 0.6 is 0 Å². The summed E-state index contributed by atoms with van der Waals surface area (Å²) in [5.41, 5.74) is 0. The number of hydrogen-bond acceptors (Lipinski definition) is 4. The van der Waals surface area contributed by atoms with Crippen LogP contribution in [-0.4, -0.2) is 35.9 Å². The summed E-state index contributed by atoms with van der Waals surface area (Å²) in [7, 11) is 0. The van der Waals surface area contributed by atoms with E-state index in [1.165, 1.54) is 0 Å². The zero-order chi connectivity index (χ0) is 9.14. The molecule has 0 amide bonds. The summed E-state index contributed by atoms with van der Waals surface area (Å²) in [5.74, 6) is 0.189. The molecule has 0 radical (unpaired) electrons. The Kier molecular flexibility index (Phi) is 2.31. The molecule has 1 aliphatic heterocycles. The van der Waals surface area contributed by atoms with E-state index in [0.29, 0.717) is 0 Å². The van der Waals surface area contributed by atoms with Crippen LogP contribution in [0.3, 0.4) is 0 Å². The quantitative estimate of drug-likeness (QED) is 0.334. The van der Waals surface area contributed by atoms with E-state index in [-0.39, 0.29) is 6.61 Å². The number of carbonyl (C=O) groups excluding carboxylic acids is 1. The van der Waals surface area contributed by atoms with Crippen molar-refractivity contribution in [1.82, 2.24) is 0 Å². The van der Waals surface area contributed by atoms with Crippen LogP contribution < -0.4 is 0 Å². The molecule has 1 saturated heterocycles. The average molecular weight is 170 g/mol. The van der Waals surface area contributed by atoms with Crippen molar-refractivity contribution in [1.29, 1.82) is 0 Å². The molecule has 0 aliphatic carbocycles. The highest BCUT2D eigenvalue weighted by Crippen LogP contribution is 2.23. The minimum atomic E-state index is -1.17. The fraction of sp³-hybridized carbons (Fsp3) is 0.429. The third kappa shape index (κ3) is 1.74. The molecular weight excluding hydrogens is 164 g/mol. The molecule has 1 rings (SSSR count). The van der Waals surface area contributed by atoms with Gasteiger partial charge in [0, 0.05) is 0 Å². The summed E-state index contributed by atoms with van der Waals surface area (Å²) in [6.07, 6.45) is 2.77. The van der Waals surface area contributed by atoms with Crippen LogP contribution in [0.25, 0.3) is 0 Å². The van der Waals surface area contributed by atoms with E-state index in [9.17, 15) is 9.59 Å². The lowest BCUT2D eigenvalue weighted by molar-refractivity contribution is -0.144. The molecule has 0 spiro atoms. The van der Waals surface area contributed by atoms with Crippen molar-refractivity contribution in [2.24, 2.45) is 0 Å². The molecule has 0 aromatic carbocycles. The third-order valence-electron chi connectivity index (χ3n) is 1.27. The lowest BCUT2D eigenvalue weighted by Crippen LogP contribution is -2.18. The van der Waals surface area contributed by atoms with Gasteiger partial charge in [-0.3, -0.25) is 0 Å². The molecule has 5 nitrogen and oxygen atoms in total. The maximum atomic E-state index is 10.8. The van der Waals surface area contributed by atoms with Crippen molar-refractivity contribution in [3.05, 3.63) is 0 Å². The number of ether oxygens (including phenoxy) is 2. The third-order valence-corrected chi connectivity index (χ3v) is 1.27. The molecular formula is C7H6O5. The Morgan fingerprint density at radius 1 is 1.58 bits per heavy atom. The maximum absolute atomic E-state index is 10.8. The molecule has 1 heterocycles. The number of terminal acetylenes is 1. The Morgan fingerprint density at radius 3 is 2.67 bits per heavy atom. The largest absolute Gasteiger partial charge is 0.479 e. The average Bonchev–Trinajstić information content (AvgIpc) is 2.78. The van der Waals surface area contributed by atoms with Crippen molar-refractivity contribution in [3.8, 4) is 12.3 Å². The van der Waals surface area contributed by atoms with Gasteiger partial charge in [0.05, 0.1) is 0 Å². The SMILES string of the molecule is C#CCOC(=O)C1OC1C(=O)O. The molecule has 1 fully saturated rings. The highest BCUT2D eigenvalue weighted by atomic mass is 16.7. The van der Waals surface area contributed by atoms with Gasteiger partial charge in [0.1, 0.15) is 0 Å². The van der Waals surface area contributed by atoms with Gasteiger partial charge < -0.3 is 14.6 Å². The van der Waals surface area contributed by atoms with E-state index in [2.05, 4.69) is 15.4 Å². The number of carboxylic acids is 1. The Labute approximate surface area is 68.3 Å². The number of epoxide rings is 1. The summed E-state index contributed by atoms with van der Waals surface area (Å²) in [4.78, 5) is 21.0. The Bertz CT molecular complexity index is 251. The first kappa shape index (κ1) is 8.56. The van der Waals surface area contributed by atoms with Gasteiger partial charge in [-0.2, -0.15) is 0 Å². The Morgan fingerprint density at radius 2 is 2.25 bits per heavy atom. The van der Waals surface area contributed by atoms with Gasteiger partial charge in [0.25, 0.3) is 0 Å². The van der Waals surface area contributed by atoms with E-state index in [0.717, 1.165) is 0 Å². The van der Waals surface area contributed by atoms with Gasteiger partial charge in [-0.15, -0.1) is 6.42 Å². The van der Waals surface area contributed by atoms with E-state index < -0.39 is 24.1 Å². The molecule has 5 heteroatoms. The van der Waals surface area contributed by atoms with Gasteiger partial charge in [0.15, 0.2) is 18.8 Å². The highest BCUT2D eigenvalue weighted by Gasteiger charge is 2.51. The molecule has 0 aromatic rings. The van der Waals surface area contributed by atoms with Crippen molar-refractivity contribution < 1.29 is 24.2 Å². The fourth-order valence-electron chi connectivity index (χ4n) is 0.674. The van der Waals surface area contributed by atoms with Crippen LogP contribution in [0.5, 0.6) is 0 Å². The normalized spacial score (nSPS) is 25.6. The topological polar surface area (TPSA) is 76.1 Å². The monoisotopic (exact) mass is 170 g/mol. The number of hydrogen-bond donors (Lipinski definition) is 1. The summed E-state index contributed by atoms with van der Waals surface area (Å²) in [6, 6.07) is 0. The summed E-state index contributed by atoms with van der Waals surface area (Å²) < 4.78 is 8.93. The lowest BCUT2D eigenvalue weighted by Gasteiger charge is -1.94. The predicted molar refractivity (Wildman–Crippen MR) is 36.1 cm³/mol. The summed E-state index contributed by atoms with van der Waals surface area (Å²) in [5, 5.41) is 8.32. The molecule has 0 bridgehead atoms.